The Hall–Kier alpha value is -2.42. The third kappa shape index (κ3) is 4.81. The van der Waals surface area contributed by atoms with Crippen molar-refractivity contribution in [2.45, 2.75) is 6.92 Å². The van der Waals surface area contributed by atoms with Crippen molar-refractivity contribution in [1.29, 1.82) is 0 Å². The van der Waals surface area contributed by atoms with Crippen LogP contribution in [-0.2, 0) is 9.59 Å². The van der Waals surface area contributed by atoms with Gasteiger partial charge in [0.1, 0.15) is 16.4 Å². The molecule has 26 heavy (non-hydrogen) atoms. The van der Waals surface area contributed by atoms with Crippen LogP contribution in [0, 0.1) is 0 Å². The topological polar surface area (TPSA) is 80.3 Å². The summed E-state index contributed by atoms with van der Waals surface area (Å²) in [7, 11) is 0. The number of aromatic nitrogens is 1. The normalized spacial score (nSPS) is 10.4. The number of carbonyl (C=O) groups excluding carboxylic acids is 2. The molecule has 6 nitrogen and oxygen atoms in total. The molecule has 1 aromatic carbocycles. The van der Waals surface area contributed by atoms with Gasteiger partial charge in [-0.3, -0.25) is 14.9 Å². The smallest absolute Gasteiger partial charge is 0.264 e. The van der Waals surface area contributed by atoms with Crippen LogP contribution < -0.4 is 15.4 Å². The third-order valence-corrected chi connectivity index (χ3v) is 5.12. The molecule has 0 spiro atoms. The second-order valence-corrected chi connectivity index (χ2v) is 7.53. The molecule has 0 aliphatic heterocycles. The van der Waals surface area contributed by atoms with E-state index in [4.69, 9.17) is 16.3 Å². The van der Waals surface area contributed by atoms with Gasteiger partial charge in [0.15, 0.2) is 11.7 Å². The number of rotatable bonds is 6. The zero-order valence-corrected chi connectivity index (χ0v) is 16.0. The maximum Gasteiger partial charge on any atom is 0.264 e. The number of benzene rings is 1. The number of anilines is 2. The summed E-state index contributed by atoms with van der Waals surface area (Å²) in [5.41, 5.74) is 0.633. The Kier molecular flexibility index (Phi) is 5.87. The lowest BCUT2D eigenvalue weighted by molar-refractivity contribution is -0.118. The number of hydrogen-bond donors (Lipinski definition) is 2. The molecule has 0 radical (unpaired) electrons. The zero-order valence-electron chi connectivity index (χ0n) is 13.6. The Bertz CT molecular complexity index is 908. The van der Waals surface area contributed by atoms with Crippen LogP contribution in [0.4, 0.5) is 10.1 Å². The lowest BCUT2D eigenvalue weighted by atomic mass is 10.3. The molecule has 3 rings (SSSR count). The summed E-state index contributed by atoms with van der Waals surface area (Å²) in [5, 5.41) is 8.93. The van der Waals surface area contributed by atoms with Crippen LogP contribution in [0.15, 0.2) is 41.8 Å². The molecule has 3 aromatic rings. The van der Waals surface area contributed by atoms with E-state index in [1.165, 1.54) is 29.6 Å². The van der Waals surface area contributed by atoms with Gasteiger partial charge < -0.3 is 10.1 Å². The highest BCUT2D eigenvalue weighted by atomic mass is 35.5. The van der Waals surface area contributed by atoms with E-state index in [0.29, 0.717) is 26.6 Å². The first-order valence-electron chi connectivity index (χ1n) is 7.52. The fourth-order valence-corrected chi connectivity index (χ4v) is 3.89. The van der Waals surface area contributed by atoms with Crippen LogP contribution in [0.1, 0.15) is 6.92 Å². The largest absolute Gasteiger partial charge is 0.484 e. The Morgan fingerprint density at radius 1 is 1.19 bits per heavy atom. The SMILES string of the molecule is CC(=O)Nc1sc(NC(=O)COc2ccc(Cl)cc2)nc1-c1cccs1. The number of thiophene rings is 1. The molecule has 9 heteroatoms. The molecule has 0 atom stereocenters. The summed E-state index contributed by atoms with van der Waals surface area (Å²) in [4.78, 5) is 28.8. The number of amides is 2. The molecule has 0 fully saturated rings. The highest BCUT2D eigenvalue weighted by Crippen LogP contribution is 2.37. The Morgan fingerprint density at radius 2 is 1.96 bits per heavy atom. The first kappa shape index (κ1) is 18.4. The van der Waals surface area contributed by atoms with Crippen LogP contribution in [0.2, 0.25) is 5.02 Å². The fraction of sp³-hybridized carbons (Fsp3) is 0.118. The second kappa shape index (κ2) is 8.31. The van der Waals surface area contributed by atoms with Crippen LogP contribution in [-0.4, -0.2) is 23.4 Å². The monoisotopic (exact) mass is 407 g/mol. The van der Waals surface area contributed by atoms with Crippen molar-refractivity contribution < 1.29 is 14.3 Å². The maximum atomic E-state index is 12.1. The molecule has 2 N–H and O–H groups in total. The van der Waals surface area contributed by atoms with E-state index in [2.05, 4.69) is 15.6 Å². The summed E-state index contributed by atoms with van der Waals surface area (Å²) in [6.07, 6.45) is 0. The lowest BCUT2D eigenvalue weighted by Gasteiger charge is -2.05. The van der Waals surface area contributed by atoms with E-state index in [-0.39, 0.29) is 18.4 Å². The molecule has 134 valence electrons. The van der Waals surface area contributed by atoms with Gasteiger partial charge in [0.25, 0.3) is 5.91 Å². The molecule has 0 aliphatic rings. The number of nitrogens with one attached hydrogen (secondary N) is 2. The lowest BCUT2D eigenvalue weighted by Crippen LogP contribution is -2.20. The van der Waals surface area contributed by atoms with Crippen molar-refractivity contribution in [3.8, 4) is 16.3 Å². The first-order valence-corrected chi connectivity index (χ1v) is 9.59. The van der Waals surface area contributed by atoms with Crippen molar-refractivity contribution in [1.82, 2.24) is 4.98 Å². The molecule has 0 unspecified atom stereocenters. The van der Waals surface area contributed by atoms with Gasteiger partial charge in [-0.25, -0.2) is 4.98 Å². The van der Waals surface area contributed by atoms with E-state index < -0.39 is 0 Å². The molecule has 0 saturated carbocycles. The van der Waals surface area contributed by atoms with Gasteiger partial charge in [0, 0.05) is 11.9 Å². The molecule has 0 aliphatic carbocycles. The zero-order chi connectivity index (χ0) is 18.5. The highest BCUT2D eigenvalue weighted by molar-refractivity contribution is 7.21. The Balaban J connectivity index is 1.67. The van der Waals surface area contributed by atoms with Crippen LogP contribution in [0.5, 0.6) is 5.75 Å². The molecule has 0 bridgehead atoms. The maximum absolute atomic E-state index is 12.1. The third-order valence-electron chi connectivity index (χ3n) is 3.10. The summed E-state index contributed by atoms with van der Waals surface area (Å²) in [6, 6.07) is 10.5. The predicted octanol–water partition coefficient (Wildman–Crippen LogP) is 4.50. The summed E-state index contributed by atoms with van der Waals surface area (Å²) >= 11 is 8.51. The van der Waals surface area contributed by atoms with Gasteiger partial charge in [-0.2, -0.15) is 0 Å². The predicted molar refractivity (Wildman–Crippen MR) is 105 cm³/mol. The second-order valence-electron chi connectivity index (χ2n) is 5.15. The summed E-state index contributed by atoms with van der Waals surface area (Å²) in [5.74, 6) is -0.00175. The summed E-state index contributed by atoms with van der Waals surface area (Å²) in [6.45, 7) is 1.27. The van der Waals surface area contributed by atoms with Gasteiger partial charge in [-0.1, -0.05) is 29.0 Å². The average Bonchev–Trinajstić information content (AvgIpc) is 3.23. The first-order chi connectivity index (χ1) is 12.5. The Morgan fingerprint density at radius 3 is 2.62 bits per heavy atom. The fourth-order valence-electron chi connectivity index (χ4n) is 2.03. The molecule has 0 saturated heterocycles. The minimum Gasteiger partial charge on any atom is -0.484 e. The van der Waals surface area contributed by atoms with Crippen molar-refractivity contribution >= 4 is 56.2 Å². The molecule has 2 aromatic heterocycles. The average molecular weight is 408 g/mol. The number of carbonyl (C=O) groups is 2. The quantitative estimate of drug-likeness (QED) is 0.630. The number of halogens is 1. The number of ether oxygens (including phenoxy) is 1. The molecule has 2 amide bonds. The van der Waals surface area contributed by atoms with Crippen LogP contribution in [0.25, 0.3) is 10.6 Å². The van der Waals surface area contributed by atoms with Crippen molar-refractivity contribution in [3.05, 3.63) is 46.8 Å². The van der Waals surface area contributed by atoms with Gasteiger partial charge in [0.2, 0.25) is 5.91 Å². The van der Waals surface area contributed by atoms with E-state index in [1.807, 2.05) is 17.5 Å². The summed E-state index contributed by atoms with van der Waals surface area (Å²) < 4.78 is 5.41. The molecule has 2 heterocycles. The minimum absolute atomic E-state index is 0.162. The van der Waals surface area contributed by atoms with Gasteiger partial charge in [-0.15, -0.1) is 11.3 Å². The van der Waals surface area contributed by atoms with E-state index in [1.54, 1.807) is 24.3 Å². The molecular weight excluding hydrogens is 394 g/mol. The van der Waals surface area contributed by atoms with E-state index in [9.17, 15) is 9.59 Å². The van der Waals surface area contributed by atoms with Gasteiger partial charge in [0.05, 0.1) is 4.88 Å². The van der Waals surface area contributed by atoms with E-state index in [0.717, 1.165) is 4.88 Å². The van der Waals surface area contributed by atoms with Crippen LogP contribution >= 0.6 is 34.3 Å². The van der Waals surface area contributed by atoms with Crippen molar-refractivity contribution in [2.75, 3.05) is 17.2 Å². The standard InChI is InChI=1S/C17H14ClN3O3S2/c1-10(22)19-16-15(13-3-2-8-25-13)21-17(26-16)20-14(23)9-24-12-6-4-11(18)5-7-12/h2-8H,9H2,1H3,(H,19,22)(H,20,21,23). The van der Waals surface area contributed by atoms with E-state index >= 15 is 0 Å². The molecular formula is C17H14ClN3O3S2. The van der Waals surface area contributed by atoms with Gasteiger partial charge >= 0.3 is 0 Å². The van der Waals surface area contributed by atoms with Crippen molar-refractivity contribution in [2.24, 2.45) is 0 Å². The minimum atomic E-state index is -0.346. The Labute approximate surface area is 162 Å². The van der Waals surface area contributed by atoms with Gasteiger partial charge in [-0.05, 0) is 35.7 Å². The van der Waals surface area contributed by atoms with Crippen molar-refractivity contribution in [3.63, 3.8) is 0 Å². The van der Waals surface area contributed by atoms with Crippen LogP contribution in [0.3, 0.4) is 0 Å². The highest BCUT2D eigenvalue weighted by Gasteiger charge is 2.16. The number of hydrogen-bond acceptors (Lipinski definition) is 6. The number of thiazole rings is 1. The number of nitrogens with zero attached hydrogens (tertiary/aromatic N) is 1.